The van der Waals surface area contributed by atoms with Gasteiger partial charge < -0.3 is 19.2 Å². The second-order valence-corrected chi connectivity index (χ2v) is 21.0. The van der Waals surface area contributed by atoms with Gasteiger partial charge in [-0.3, -0.25) is 14.5 Å². The maximum atomic E-state index is 14.5. The van der Waals surface area contributed by atoms with E-state index in [4.69, 9.17) is 13.9 Å². The number of tetrazole rings is 1. The van der Waals surface area contributed by atoms with Crippen LogP contribution in [0, 0.1) is 0 Å². The summed E-state index contributed by atoms with van der Waals surface area (Å²) in [4.78, 5) is 42.9. The number of hydrogen-bond donors (Lipinski definition) is 1. The molecule has 0 spiro atoms. The van der Waals surface area contributed by atoms with Crippen LogP contribution in [0.2, 0.25) is 5.04 Å². The van der Waals surface area contributed by atoms with Gasteiger partial charge >= 0.3 is 5.97 Å². The SMILES string of the molecule is CC(C)(C)[Si](OCCn1nnnc1SCC1=C(C(=O)OC(c2ccccc2)c2ccccc2)N2C(=O)C(NC(=O)c3ccccc3)C2OC1)(c1ccccc1)c1ccccc1. The molecule has 2 aliphatic rings. The summed E-state index contributed by atoms with van der Waals surface area (Å²) in [5, 5.41) is 18.1. The quantitative estimate of drug-likeness (QED) is 0.0574. The van der Waals surface area contributed by atoms with Crippen LogP contribution >= 0.6 is 11.8 Å². The van der Waals surface area contributed by atoms with Crippen molar-refractivity contribution in [3.05, 3.63) is 180 Å². The molecule has 0 aliphatic carbocycles. The summed E-state index contributed by atoms with van der Waals surface area (Å²) in [6.07, 6.45) is -1.67. The lowest BCUT2D eigenvalue weighted by molar-refractivity contribution is -0.184. The molecule has 2 unspecified atom stereocenters. The lowest BCUT2D eigenvalue weighted by atomic mass is 9.98. The lowest BCUT2D eigenvalue weighted by Crippen LogP contribution is -2.73. The molecule has 8 rings (SSSR count). The summed E-state index contributed by atoms with van der Waals surface area (Å²) in [5.41, 5.74) is 2.53. The lowest BCUT2D eigenvalue weighted by Gasteiger charge is -2.49. The Balaban J connectivity index is 1.05. The third-order valence-electron chi connectivity index (χ3n) is 10.9. The Morgan fingerprint density at radius 3 is 1.92 bits per heavy atom. The van der Waals surface area contributed by atoms with Crippen LogP contribution in [0.15, 0.2) is 168 Å². The normalized spacial score (nSPS) is 16.5. The molecular weight excluding hydrogens is 805 g/mol. The first-order valence-corrected chi connectivity index (χ1v) is 23.0. The first-order chi connectivity index (χ1) is 29.7. The molecular formula is C47H46N6O6SSi. The van der Waals surface area contributed by atoms with E-state index in [0.717, 1.165) is 11.1 Å². The molecule has 3 heterocycles. The van der Waals surface area contributed by atoms with Crippen LogP contribution in [0.1, 0.15) is 48.4 Å². The summed E-state index contributed by atoms with van der Waals surface area (Å²) >= 11 is 1.32. The van der Waals surface area contributed by atoms with Crippen molar-refractivity contribution in [1.82, 2.24) is 30.4 Å². The molecule has 2 atom stereocenters. The van der Waals surface area contributed by atoms with Crippen LogP contribution in [0.4, 0.5) is 0 Å². The first kappa shape index (κ1) is 41.5. The molecule has 0 radical (unpaired) electrons. The number of hydrogen-bond acceptors (Lipinski definition) is 10. The molecule has 61 heavy (non-hydrogen) atoms. The highest BCUT2D eigenvalue weighted by atomic mass is 32.2. The fourth-order valence-electron chi connectivity index (χ4n) is 7.98. The second kappa shape index (κ2) is 18.2. The van der Waals surface area contributed by atoms with Gasteiger partial charge in [0.25, 0.3) is 20.1 Å². The highest BCUT2D eigenvalue weighted by molar-refractivity contribution is 7.99. The standard InChI is InChI=1S/C47H46N6O6SSi/c1-47(2,3)61(37-25-15-7-16-26-37,38-27-17-8-18-28-38)58-30-29-52-46(49-50-51-52)60-32-36-31-57-44-39(48-42(54)35-23-13-6-14-24-35)43(55)53(44)40(36)45(56)59-41(33-19-9-4-10-20-33)34-21-11-5-12-22-34/h4-28,39,41,44H,29-32H2,1-3H3,(H,48,54). The van der Waals surface area contributed by atoms with E-state index in [1.54, 1.807) is 35.0 Å². The molecule has 5 aromatic carbocycles. The fraction of sp³-hybridized carbons (Fsp3) is 0.234. The molecule has 0 saturated carbocycles. The molecule has 2 aliphatic heterocycles. The number of esters is 1. The summed E-state index contributed by atoms with van der Waals surface area (Å²) in [7, 11) is -2.81. The van der Waals surface area contributed by atoms with Crippen molar-refractivity contribution in [2.24, 2.45) is 0 Å². The predicted octanol–water partition coefficient (Wildman–Crippen LogP) is 5.93. The van der Waals surface area contributed by atoms with Crippen LogP contribution in [0.3, 0.4) is 0 Å². The number of carbonyl (C=O) groups excluding carboxylic acids is 3. The molecule has 1 fully saturated rings. The third kappa shape index (κ3) is 8.57. The molecule has 0 bridgehead atoms. The number of nitrogens with zero attached hydrogens (tertiary/aromatic N) is 5. The van der Waals surface area contributed by atoms with Crippen molar-refractivity contribution in [2.45, 2.75) is 55.9 Å². The van der Waals surface area contributed by atoms with Gasteiger partial charge in [0, 0.05) is 11.3 Å². The number of nitrogens with one attached hydrogen (secondary N) is 1. The molecule has 1 saturated heterocycles. The summed E-state index contributed by atoms with van der Waals surface area (Å²) in [6, 6.07) is 47.4. The highest BCUT2D eigenvalue weighted by Gasteiger charge is 2.55. The molecule has 6 aromatic rings. The zero-order valence-electron chi connectivity index (χ0n) is 34.1. The maximum absolute atomic E-state index is 14.5. The molecule has 310 valence electrons. The zero-order chi connectivity index (χ0) is 42.4. The second-order valence-electron chi connectivity index (χ2n) is 15.8. The zero-order valence-corrected chi connectivity index (χ0v) is 35.9. The van der Waals surface area contributed by atoms with Gasteiger partial charge in [0.05, 0.1) is 19.8 Å². The number of aromatic nitrogens is 4. The smallest absolute Gasteiger partial charge is 0.356 e. The number of β-lactam (4-membered cyclic amide) rings is 1. The fourth-order valence-corrected chi connectivity index (χ4v) is 13.4. The molecule has 12 nitrogen and oxygen atoms in total. The van der Waals surface area contributed by atoms with Crippen molar-refractivity contribution < 1.29 is 28.3 Å². The van der Waals surface area contributed by atoms with Gasteiger partial charge in [-0.2, -0.15) is 0 Å². The maximum Gasteiger partial charge on any atom is 0.356 e. The van der Waals surface area contributed by atoms with Crippen LogP contribution in [-0.2, 0) is 30.0 Å². The van der Waals surface area contributed by atoms with E-state index in [-0.39, 0.29) is 23.1 Å². The Labute approximate surface area is 360 Å². The summed E-state index contributed by atoms with van der Waals surface area (Å²) in [5.74, 6) is -1.39. The minimum Gasteiger partial charge on any atom is -0.448 e. The number of carbonyl (C=O) groups is 3. The van der Waals surface area contributed by atoms with Gasteiger partial charge in [-0.15, -0.1) is 5.10 Å². The highest BCUT2D eigenvalue weighted by Crippen LogP contribution is 2.39. The minimum atomic E-state index is -2.81. The van der Waals surface area contributed by atoms with Crippen molar-refractivity contribution in [3.8, 4) is 0 Å². The third-order valence-corrected chi connectivity index (χ3v) is 17.0. The average molecular weight is 851 g/mol. The molecule has 14 heteroatoms. The Morgan fingerprint density at radius 2 is 1.36 bits per heavy atom. The van der Waals surface area contributed by atoms with Gasteiger partial charge in [-0.1, -0.05) is 172 Å². The van der Waals surface area contributed by atoms with Gasteiger partial charge in [-0.05, 0) is 54.7 Å². The largest absolute Gasteiger partial charge is 0.448 e. The van der Waals surface area contributed by atoms with E-state index in [1.807, 2.05) is 72.8 Å². The van der Waals surface area contributed by atoms with Crippen molar-refractivity contribution in [2.75, 3.05) is 19.0 Å². The minimum absolute atomic E-state index is 0.00343. The van der Waals surface area contributed by atoms with Crippen LogP contribution in [0.5, 0.6) is 0 Å². The monoisotopic (exact) mass is 850 g/mol. The Bertz CT molecular complexity index is 2410. The van der Waals surface area contributed by atoms with E-state index in [0.29, 0.717) is 29.4 Å². The Morgan fingerprint density at radius 1 is 0.820 bits per heavy atom. The number of rotatable bonds is 15. The van der Waals surface area contributed by atoms with Gasteiger partial charge in [0.1, 0.15) is 5.70 Å². The Hall–Kier alpha value is -6.19. The molecule has 2 amide bonds. The summed E-state index contributed by atoms with van der Waals surface area (Å²) < 4.78 is 21.3. The van der Waals surface area contributed by atoms with Gasteiger partial charge in [0.15, 0.2) is 18.4 Å². The van der Waals surface area contributed by atoms with Crippen molar-refractivity contribution in [1.29, 1.82) is 0 Å². The number of fused-ring (bicyclic) bond motifs is 1. The molecule has 1 N–H and O–H groups in total. The van der Waals surface area contributed by atoms with E-state index >= 15 is 0 Å². The predicted molar refractivity (Wildman–Crippen MR) is 234 cm³/mol. The van der Waals surface area contributed by atoms with E-state index in [1.165, 1.54) is 27.0 Å². The number of ether oxygens (including phenoxy) is 2. The molecule has 1 aromatic heterocycles. The van der Waals surface area contributed by atoms with Gasteiger partial charge in [-0.25, -0.2) is 9.48 Å². The average Bonchev–Trinajstić information content (AvgIpc) is 3.75. The van der Waals surface area contributed by atoms with Crippen LogP contribution in [-0.4, -0.2) is 82.4 Å². The van der Waals surface area contributed by atoms with Crippen LogP contribution < -0.4 is 15.7 Å². The van der Waals surface area contributed by atoms with E-state index < -0.39 is 44.5 Å². The number of thioether (sulfide) groups is 1. The van der Waals surface area contributed by atoms with E-state index in [9.17, 15) is 14.4 Å². The topological polar surface area (TPSA) is 138 Å². The van der Waals surface area contributed by atoms with Crippen molar-refractivity contribution >= 4 is 48.2 Å². The number of benzene rings is 5. The Kier molecular flexibility index (Phi) is 12.4. The first-order valence-electron chi connectivity index (χ1n) is 20.1. The number of amides is 2. The van der Waals surface area contributed by atoms with E-state index in [2.05, 4.69) is 90.1 Å². The van der Waals surface area contributed by atoms with Crippen molar-refractivity contribution in [3.63, 3.8) is 0 Å². The summed E-state index contributed by atoms with van der Waals surface area (Å²) in [6.45, 7) is 7.41. The van der Waals surface area contributed by atoms with Crippen LogP contribution in [0.25, 0.3) is 0 Å². The van der Waals surface area contributed by atoms with Gasteiger partial charge in [0.2, 0.25) is 5.16 Å².